The van der Waals surface area contributed by atoms with Gasteiger partial charge in [-0.05, 0) is 14.0 Å². The molecule has 0 rings (SSSR count). The van der Waals surface area contributed by atoms with Crippen LogP contribution < -0.4 is 5.32 Å². The number of rotatable bonds is 5. The minimum absolute atomic E-state index is 0.283. The molecule has 2 atom stereocenters. The minimum atomic E-state index is 0.283. The van der Waals surface area contributed by atoms with Crippen molar-refractivity contribution in [2.24, 2.45) is 0 Å². The van der Waals surface area contributed by atoms with Crippen molar-refractivity contribution in [2.45, 2.75) is 25.1 Å². The summed E-state index contributed by atoms with van der Waals surface area (Å²) in [4.78, 5) is 0. The molecule has 0 saturated heterocycles. The molecule has 2 nitrogen and oxygen atoms in total. The second-order valence-corrected chi connectivity index (χ2v) is 3.86. The summed E-state index contributed by atoms with van der Waals surface area (Å²) in [5.41, 5.74) is 0. The second kappa shape index (κ2) is 6.01. The summed E-state index contributed by atoms with van der Waals surface area (Å²) < 4.78 is 0. The van der Waals surface area contributed by atoms with Crippen LogP contribution in [0.15, 0.2) is 0 Å². The number of aliphatic hydroxyl groups is 1. The Balaban J connectivity index is 3.31. The van der Waals surface area contributed by atoms with Crippen molar-refractivity contribution in [2.75, 3.05) is 19.4 Å². The molecule has 0 aromatic rings. The van der Waals surface area contributed by atoms with Crippen LogP contribution in [0.25, 0.3) is 0 Å². The van der Waals surface area contributed by atoms with Gasteiger partial charge in [-0.1, -0.05) is 6.92 Å². The maximum atomic E-state index is 8.53. The Morgan fingerprint density at radius 1 is 1.50 bits per heavy atom. The highest BCUT2D eigenvalue weighted by molar-refractivity contribution is 7.99. The Morgan fingerprint density at radius 3 is 2.50 bits per heavy atom. The predicted octanol–water partition coefficient (Wildman–Crippen LogP) is 0.708. The van der Waals surface area contributed by atoms with Gasteiger partial charge in [0.25, 0.3) is 0 Å². The van der Waals surface area contributed by atoms with Crippen LogP contribution in [0.5, 0.6) is 0 Å². The first-order valence-corrected chi connectivity index (χ1v) is 4.67. The SMILES string of the molecule is CNC(C)C(C)SCCO. The first-order chi connectivity index (χ1) is 4.72. The van der Waals surface area contributed by atoms with Gasteiger partial charge >= 0.3 is 0 Å². The summed E-state index contributed by atoms with van der Waals surface area (Å²) in [6, 6.07) is 0.525. The zero-order valence-corrected chi connectivity index (χ0v) is 7.74. The molecule has 3 heteroatoms. The third-order valence-electron chi connectivity index (χ3n) is 1.63. The van der Waals surface area contributed by atoms with Crippen molar-refractivity contribution in [3.05, 3.63) is 0 Å². The molecule has 2 unspecified atom stereocenters. The summed E-state index contributed by atoms with van der Waals surface area (Å²) in [6.07, 6.45) is 0. The molecule has 0 bridgehead atoms. The first-order valence-electron chi connectivity index (χ1n) is 3.62. The maximum Gasteiger partial charge on any atom is 0.0521 e. The fourth-order valence-electron chi connectivity index (χ4n) is 0.618. The van der Waals surface area contributed by atoms with Crippen LogP contribution in [-0.4, -0.2) is 35.8 Å². The van der Waals surface area contributed by atoms with Crippen LogP contribution in [0.4, 0.5) is 0 Å². The van der Waals surface area contributed by atoms with Crippen molar-refractivity contribution in [1.29, 1.82) is 0 Å². The van der Waals surface area contributed by atoms with Gasteiger partial charge < -0.3 is 10.4 Å². The molecule has 0 aliphatic rings. The van der Waals surface area contributed by atoms with E-state index in [1.165, 1.54) is 0 Å². The number of nitrogens with one attached hydrogen (secondary N) is 1. The molecular formula is C7H17NOS. The van der Waals surface area contributed by atoms with Gasteiger partial charge in [-0.15, -0.1) is 0 Å². The average Bonchev–Trinajstić information content (AvgIpc) is 1.98. The lowest BCUT2D eigenvalue weighted by molar-refractivity contribution is 0.322. The minimum Gasteiger partial charge on any atom is -0.396 e. The summed E-state index contributed by atoms with van der Waals surface area (Å²) in [6.45, 7) is 4.60. The predicted molar refractivity (Wildman–Crippen MR) is 47.5 cm³/mol. The van der Waals surface area contributed by atoms with E-state index in [0.29, 0.717) is 11.3 Å². The van der Waals surface area contributed by atoms with Gasteiger partial charge in [0.2, 0.25) is 0 Å². The van der Waals surface area contributed by atoms with Gasteiger partial charge in [-0.3, -0.25) is 0 Å². The zero-order valence-electron chi connectivity index (χ0n) is 6.92. The van der Waals surface area contributed by atoms with E-state index in [2.05, 4.69) is 19.2 Å². The maximum absolute atomic E-state index is 8.53. The van der Waals surface area contributed by atoms with Crippen LogP contribution in [0.1, 0.15) is 13.8 Å². The molecule has 0 aliphatic carbocycles. The molecule has 10 heavy (non-hydrogen) atoms. The lowest BCUT2D eigenvalue weighted by Gasteiger charge is -2.17. The summed E-state index contributed by atoms with van der Waals surface area (Å²) in [5, 5.41) is 12.3. The summed E-state index contributed by atoms with van der Waals surface area (Å²) in [7, 11) is 1.96. The van der Waals surface area contributed by atoms with Crippen molar-refractivity contribution in [3.63, 3.8) is 0 Å². The van der Waals surface area contributed by atoms with Gasteiger partial charge in [0, 0.05) is 17.0 Å². The molecule has 0 aromatic heterocycles. The average molecular weight is 163 g/mol. The number of thioether (sulfide) groups is 1. The largest absolute Gasteiger partial charge is 0.396 e. The Morgan fingerprint density at radius 2 is 2.10 bits per heavy atom. The Kier molecular flexibility index (Phi) is 6.17. The molecule has 0 radical (unpaired) electrons. The van der Waals surface area contributed by atoms with E-state index in [-0.39, 0.29) is 6.61 Å². The van der Waals surface area contributed by atoms with Crippen LogP contribution in [0.3, 0.4) is 0 Å². The quantitative estimate of drug-likeness (QED) is 0.626. The fourth-order valence-corrected chi connectivity index (χ4v) is 1.52. The van der Waals surface area contributed by atoms with Crippen molar-refractivity contribution >= 4 is 11.8 Å². The van der Waals surface area contributed by atoms with Crippen molar-refractivity contribution in [3.8, 4) is 0 Å². The normalized spacial score (nSPS) is 16.8. The van der Waals surface area contributed by atoms with E-state index in [1.807, 2.05) is 7.05 Å². The van der Waals surface area contributed by atoms with Gasteiger partial charge in [0.05, 0.1) is 6.61 Å². The highest BCUT2D eigenvalue weighted by Gasteiger charge is 2.08. The molecule has 62 valence electrons. The van der Waals surface area contributed by atoms with E-state index in [9.17, 15) is 0 Å². The highest BCUT2D eigenvalue weighted by Crippen LogP contribution is 2.12. The van der Waals surface area contributed by atoms with E-state index in [0.717, 1.165) is 5.75 Å². The third-order valence-corrected chi connectivity index (χ3v) is 2.98. The molecule has 0 aliphatic heterocycles. The number of hydrogen-bond donors (Lipinski definition) is 2. The van der Waals surface area contributed by atoms with Crippen LogP contribution in [0, 0.1) is 0 Å². The lowest BCUT2D eigenvalue weighted by atomic mass is 10.3. The standard InChI is InChI=1S/C7H17NOS/c1-6(8-3)7(2)10-5-4-9/h6-9H,4-5H2,1-3H3. The molecular weight excluding hydrogens is 146 g/mol. The van der Waals surface area contributed by atoms with Gasteiger partial charge in [-0.2, -0.15) is 11.8 Å². The van der Waals surface area contributed by atoms with Gasteiger partial charge in [0.1, 0.15) is 0 Å². The van der Waals surface area contributed by atoms with Crippen LogP contribution in [0.2, 0.25) is 0 Å². The molecule has 0 saturated carbocycles. The Hall–Kier alpha value is 0.270. The number of hydrogen-bond acceptors (Lipinski definition) is 3. The molecule has 0 heterocycles. The first kappa shape index (κ1) is 10.3. The molecule has 0 aromatic carbocycles. The monoisotopic (exact) mass is 163 g/mol. The van der Waals surface area contributed by atoms with E-state index < -0.39 is 0 Å². The summed E-state index contributed by atoms with van der Waals surface area (Å²) in [5.74, 6) is 0.840. The highest BCUT2D eigenvalue weighted by atomic mass is 32.2. The molecule has 0 amide bonds. The molecule has 2 N–H and O–H groups in total. The zero-order chi connectivity index (χ0) is 7.98. The van der Waals surface area contributed by atoms with E-state index in [1.54, 1.807) is 11.8 Å². The Bertz CT molecular complexity index is 80.0. The molecule has 0 fully saturated rings. The third kappa shape index (κ3) is 4.14. The smallest absolute Gasteiger partial charge is 0.0521 e. The van der Waals surface area contributed by atoms with Crippen molar-refractivity contribution in [1.82, 2.24) is 5.32 Å². The molecule has 0 spiro atoms. The van der Waals surface area contributed by atoms with E-state index in [4.69, 9.17) is 5.11 Å². The lowest BCUT2D eigenvalue weighted by Crippen LogP contribution is -2.30. The second-order valence-electron chi connectivity index (χ2n) is 2.38. The van der Waals surface area contributed by atoms with Crippen LogP contribution >= 0.6 is 11.8 Å². The van der Waals surface area contributed by atoms with Crippen molar-refractivity contribution < 1.29 is 5.11 Å². The summed E-state index contributed by atoms with van der Waals surface area (Å²) >= 11 is 1.80. The van der Waals surface area contributed by atoms with Gasteiger partial charge in [-0.25, -0.2) is 0 Å². The van der Waals surface area contributed by atoms with E-state index >= 15 is 0 Å². The number of aliphatic hydroxyl groups excluding tert-OH is 1. The topological polar surface area (TPSA) is 32.3 Å². The fraction of sp³-hybridized carbons (Fsp3) is 1.00. The Labute approximate surface area is 67.4 Å². The van der Waals surface area contributed by atoms with Gasteiger partial charge in [0.15, 0.2) is 0 Å². The van der Waals surface area contributed by atoms with Crippen LogP contribution in [-0.2, 0) is 0 Å².